The molecule has 122 valence electrons. The topological polar surface area (TPSA) is 91.3 Å². The molecule has 0 atom stereocenters. The van der Waals surface area contributed by atoms with Crippen LogP contribution in [-0.4, -0.2) is 15.1 Å². The van der Waals surface area contributed by atoms with Crippen LogP contribution >= 0.6 is 11.6 Å². The Morgan fingerprint density at radius 2 is 2.00 bits per heavy atom. The number of aromatic nitrogens is 2. The van der Waals surface area contributed by atoms with Gasteiger partial charge in [-0.3, -0.25) is 10.1 Å². The molecule has 0 spiro atoms. The summed E-state index contributed by atoms with van der Waals surface area (Å²) in [5.74, 6) is 0.776. The third-order valence-corrected chi connectivity index (χ3v) is 3.48. The fraction of sp³-hybridized carbons (Fsp3) is 0.125. The van der Waals surface area contributed by atoms with Crippen molar-refractivity contribution in [2.45, 2.75) is 13.5 Å². The van der Waals surface area contributed by atoms with Crippen molar-refractivity contribution in [3.63, 3.8) is 0 Å². The number of hydrogen-bond donors (Lipinski definition) is 0. The lowest BCUT2D eigenvalue weighted by atomic mass is 10.2. The Hall–Kier alpha value is -2.93. The molecule has 0 bridgehead atoms. The number of nitrogens with zero attached hydrogens (tertiary/aromatic N) is 3. The van der Waals surface area contributed by atoms with E-state index in [1.807, 2.05) is 6.92 Å². The second-order valence-corrected chi connectivity index (χ2v) is 5.48. The van der Waals surface area contributed by atoms with Gasteiger partial charge < -0.3 is 9.26 Å². The summed E-state index contributed by atoms with van der Waals surface area (Å²) in [6.45, 7) is 1.78. The molecular weight excluding hydrogens is 334 g/mol. The van der Waals surface area contributed by atoms with Gasteiger partial charge in [0.05, 0.1) is 4.92 Å². The summed E-state index contributed by atoms with van der Waals surface area (Å²) in [6, 6.07) is 11.6. The molecule has 3 rings (SSSR count). The van der Waals surface area contributed by atoms with E-state index in [9.17, 15) is 10.1 Å². The number of aryl methyl sites for hydroxylation is 1. The molecule has 0 radical (unpaired) electrons. The van der Waals surface area contributed by atoms with Crippen molar-refractivity contribution in [3.05, 3.63) is 69.0 Å². The van der Waals surface area contributed by atoms with E-state index in [1.165, 1.54) is 6.07 Å². The number of halogens is 1. The summed E-state index contributed by atoms with van der Waals surface area (Å²) < 4.78 is 10.6. The van der Waals surface area contributed by atoms with Crippen LogP contribution in [0.5, 0.6) is 5.75 Å². The first-order valence-corrected chi connectivity index (χ1v) is 7.37. The largest absolute Gasteiger partial charge is 0.478 e. The smallest absolute Gasteiger partial charge is 0.310 e. The second kappa shape index (κ2) is 6.67. The molecular formula is C16H12ClN3O4. The van der Waals surface area contributed by atoms with Crippen LogP contribution in [0.2, 0.25) is 5.02 Å². The number of nitro groups is 1. The molecule has 1 aromatic heterocycles. The van der Waals surface area contributed by atoms with Crippen molar-refractivity contribution in [1.29, 1.82) is 0 Å². The van der Waals surface area contributed by atoms with Crippen molar-refractivity contribution in [2.24, 2.45) is 0 Å². The van der Waals surface area contributed by atoms with E-state index in [4.69, 9.17) is 20.9 Å². The van der Waals surface area contributed by atoms with E-state index in [1.54, 1.807) is 36.4 Å². The van der Waals surface area contributed by atoms with Crippen LogP contribution in [0.3, 0.4) is 0 Å². The van der Waals surface area contributed by atoms with Crippen molar-refractivity contribution in [1.82, 2.24) is 10.1 Å². The third-order valence-electron chi connectivity index (χ3n) is 3.23. The molecule has 24 heavy (non-hydrogen) atoms. The molecule has 1 heterocycles. The van der Waals surface area contributed by atoms with E-state index >= 15 is 0 Å². The van der Waals surface area contributed by atoms with E-state index in [0.29, 0.717) is 10.9 Å². The van der Waals surface area contributed by atoms with Crippen molar-refractivity contribution in [3.8, 4) is 17.2 Å². The zero-order valence-corrected chi connectivity index (χ0v) is 13.4. The van der Waals surface area contributed by atoms with Crippen LogP contribution < -0.4 is 4.74 Å². The summed E-state index contributed by atoms with van der Waals surface area (Å²) >= 11 is 5.83. The predicted octanol–water partition coefficient (Wildman–Crippen LogP) is 4.19. The monoisotopic (exact) mass is 345 g/mol. The molecule has 0 saturated carbocycles. The van der Waals surface area contributed by atoms with Gasteiger partial charge in [-0.15, -0.1) is 0 Å². The van der Waals surface area contributed by atoms with E-state index in [-0.39, 0.29) is 23.9 Å². The molecule has 0 fully saturated rings. The van der Waals surface area contributed by atoms with Gasteiger partial charge in [0.2, 0.25) is 5.82 Å². The van der Waals surface area contributed by atoms with Crippen molar-refractivity contribution < 1.29 is 14.2 Å². The first kappa shape index (κ1) is 15.9. The highest BCUT2D eigenvalue weighted by atomic mass is 35.5. The molecule has 2 aromatic carbocycles. The maximum atomic E-state index is 11.0. The van der Waals surface area contributed by atoms with Gasteiger partial charge in [-0.05, 0) is 42.8 Å². The van der Waals surface area contributed by atoms with Gasteiger partial charge in [0, 0.05) is 16.7 Å². The average molecular weight is 346 g/mol. The fourth-order valence-corrected chi connectivity index (χ4v) is 2.18. The molecule has 7 nitrogen and oxygen atoms in total. The maximum Gasteiger partial charge on any atom is 0.310 e. The number of nitro benzene ring substituents is 1. The quantitative estimate of drug-likeness (QED) is 0.508. The summed E-state index contributed by atoms with van der Waals surface area (Å²) in [4.78, 5) is 14.7. The zero-order chi connectivity index (χ0) is 17.1. The summed E-state index contributed by atoms with van der Waals surface area (Å²) in [6.07, 6.45) is 0. The summed E-state index contributed by atoms with van der Waals surface area (Å²) in [5.41, 5.74) is 1.47. The highest BCUT2D eigenvalue weighted by molar-refractivity contribution is 6.30. The van der Waals surface area contributed by atoms with Crippen LogP contribution in [-0.2, 0) is 6.61 Å². The minimum Gasteiger partial charge on any atom is -0.478 e. The minimum absolute atomic E-state index is 0.0403. The van der Waals surface area contributed by atoms with Crippen LogP contribution in [0.1, 0.15) is 11.4 Å². The van der Waals surface area contributed by atoms with Gasteiger partial charge in [-0.1, -0.05) is 22.8 Å². The van der Waals surface area contributed by atoms with Gasteiger partial charge >= 0.3 is 5.69 Å². The lowest BCUT2D eigenvalue weighted by Crippen LogP contribution is -2.01. The van der Waals surface area contributed by atoms with Crippen LogP contribution in [0, 0.1) is 17.0 Å². The van der Waals surface area contributed by atoms with Crippen LogP contribution in [0.25, 0.3) is 11.5 Å². The first-order chi connectivity index (χ1) is 11.5. The zero-order valence-electron chi connectivity index (χ0n) is 12.6. The van der Waals surface area contributed by atoms with Crippen molar-refractivity contribution >= 4 is 17.3 Å². The van der Waals surface area contributed by atoms with Gasteiger partial charge in [-0.25, -0.2) is 0 Å². The summed E-state index contributed by atoms with van der Waals surface area (Å²) in [5, 5.41) is 15.4. The van der Waals surface area contributed by atoms with Gasteiger partial charge in [-0.2, -0.15) is 4.98 Å². The second-order valence-electron chi connectivity index (χ2n) is 5.04. The van der Waals surface area contributed by atoms with E-state index in [0.717, 1.165) is 11.1 Å². The van der Waals surface area contributed by atoms with Crippen LogP contribution in [0.15, 0.2) is 47.0 Å². The molecule has 3 aromatic rings. The highest BCUT2D eigenvalue weighted by Crippen LogP contribution is 2.28. The molecule has 0 aliphatic carbocycles. The Labute approximate surface area is 142 Å². The number of ether oxygens (including phenoxy) is 1. The lowest BCUT2D eigenvalue weighted by Gasteiger charge is -2.05. The van der Waals surface area contributed by atoms with Crippen molar-refractivity contribution in [2.75, 3.05) is 0 Å². The number of rotatable bonds is 5. The Bertz CT molecular complexity index is 877. The molecule has 8 heteroatoms. The molecule has 0 saturated heterocycles. The third kappa shape index (κ3) is 3.52. The number of benzene rings is 2. The Morgan fingerprint density at radius 1 is 1.25 bits per heavy atom. The maximum absolute atomic E-state index is 11.0. The molecule has 0 aliphatic heterocycles. The van der Waals surface area contributed by atoms with E-state index in [2.05, 4.69) is 10.1 Å². The molecule has 0 unspecified atom stereocenters. The standard InChI is InChI=1S/C16H12ClN3O4/c1-10-2-7-13(20(21)22)14(8-10)23-9-15-18-16(24-19-15)11-3-5-12(17)6-4-11/h2-8H,9H2,1H3. The summed E-state index contributed by atoms with van der Waals surface area (Å²) in [7, 11) is 0. The Kier molecular flexibility index (Phi) is 4.43. The van der Waals surface area contributed by atoms with Gasteiger partial charge in [0.25, 0.3) is 5.89 Å². The predicted molar refractivity (Wildman–Crippen MR) is 86.9 cm³/mol. The Morgan fingerprint density at radius 3 is 2.71 bits per heavy atom. The minimum atomic E-state index is -0.496. The lowest BCUT2D eigenvalue weighted by molar-refractivity contribution is -0.386. The Balaban J connectivity index is 1.75. The molecule has 0 aliphatic rings. The van der Waals surface area contributed by atoms with E-state index < -0.39 is 4.92 Å². The first-order valence-electron chi connectivity index (χ1n) is 6.99. The van der Waals surface area contributed by atoms with Gasteiger partial charge in [0.1, 0.15) is 0 Å². The fourth-order valence-electron chi connectivity index (χ4n) is 2.05. The van der Waals surface area contributed by atoms with Gasteiger partial charge in [0.15, 0.2) is 12.4 Å². The SMILES string of the molecule is Cc1ccc([N+](=O)[O-])c(OCc2noc(-c3ccc(Cl)cc3)n2)c1. The highest BCUT2D eigenvalue weighted by Gasteiger charge is 2.16. The molecule has 0 amide bonds. The average Bonchev–Trinajstić information content (AvgIpc) is 3.02. The van der Waals surface area contributed by atoms with Crippen LogP contribution in [0.4, 0.5) is 5.69 Å². The normalized spacial score (nSPS) is 10.6. The molecule has 0 N–H and O–H groups in total. The number of hydrogen-bond acceptors (Lipinski definition) is 6.